The lowest BCUT2D eigenvalue weighted by atomic mass is 10.1. The second-order valence-electron chi connectivity index (χ2n) is 8.10. The average molecular weight is 445 g/mol. The van der Waals surface area contributed by atoms with Crippen LogP contribution in [0.4, 0.5) is 0 Å². The molecule has 5 rings (SSSR count). The maximum atomic E-state index is 5.03. The summed E-state index contributed by atoms with van der Waals surface area (Å²) in [5, 5.41) is 2.58. The number of aryl methyl sites for hydroxylation is 1. The van der Waals surface area contributed by atoms with Crippen molar-refractivity contribution >= 4 is 48.8 Å². The zero-order chi connectivity index (χ0) is 22.8. The molecule has 0 aliphatic rings. The van der Waals surface area contributed by atoms with E-state index in [1.54, 1.807) is 0 Å². The third-order valence-corrected chi connectivity index (χ3v) is 6.92. The van der Waals surface area contributed by atoms with Crippen LogP contribution in [-0.2, 0) is 0 Å². The highest BCUT2D eigenvalue weighted by Crippen LogP contribution is 2.36. The van der Waals surface area contributed by atoms with Gasteiger partial charge in [0, 0.05) is 37.0 Å². The summed E-state index contributed by atoms with van der Waals surface area (Å²) >= 11 is 1.82. The molecule has 1 aromatic heterocycles. The molecule has 5 aromatic rings. The molecule has 33 heavy (non-hydrogen) atoms. The minimum Gasteiger partial charge on any atom is -0.233 e. The SMILES string of the molecule is C=C(N=C(N=C(C)c1cccc2c1sc1ccc(C)cc12)c1ccccc1)c1ccccc1. The fourth-order valence-corrected chi connectivity index (χ4v) is 5.23. The maximum absolute atomic E-state index is 5.03. The van der Waals surface area contributed by atoms with Gasteiger partial charge in [0.05, 0.1) is 5.70 Å². The molecule has 160 valence electrons. The van der Waals surface area contributed by atoms with Gasteiger partial charge < -0.3 is 0 Å². The third kappa shape index (κ3) is 4.28. The fourth-order valence-electron chi connectivity index (χ4n) is 3.98. The standard InChI is InChI=1S/C30H24N2S/c1-20-17-18-28-27(19-20)26-16-10-15-25(29(26)33-28)22(3)32-30(24-13-8-5-9-14-24)31-21(2)23-11-6-4-7-12-23/h4-19H,2H2,1,3H3. The largest absolute Gasteiger partial charge is 0.233 e. The Hall–Kier alpha value is -3.82. The van der Waals surface area contributed by atoms with Crippen molar-refractivity contribution in [2.75, 3.05) is 0 Å². The van der Waals surface area contributed by atoms with Crippen LogP contribution < -0.4 is 0 Å². The predicted molar refractivity (Wildman–Crippen MR) is 145 cm³/mol. The van der Waals surface area contributed by atoms with Gasteiger partial charge in [-0.1, -0.05) is 97.1 Å². The van der Waals surface area contributed by atoms with E-state index in [9.17, 15) is 0 Å². The molecule has 0 amide bonds. The summed E-state index contributed by atoms with van der Waals surface area (Å²) in [4.78, 5) is 9.89. The van der Waals surface area contributed by atoms with E-state index < -0.39 is 0 Å². The van der Waals surface area contributed by atoms with Gasteiger partial charge in [-0.2, -0.15) is 0 Å². The number of nitrogens with zero attached hydrogens (tertiary/aromatic N) is 2. The Morgan fingerprint density at radius 2 is 1.42 bits per heavy atom. The number of fused-ring (bicyclic) bond motifs is 3. The molecule has 0 unspecified atom stereocenters. The molecule has 0 saturated carbocycles. The summed E-state index contributed by atoms with van der Waals surface area (Å²) < 4.78 is 2.55. The van der Waals surface area contributed by atoms with Gasteiger partial charge in [0.2, 0.25) is 0 Å². The highest BCUT2D eigenvalue weighted by molar-refractivity contribution is 7.26. The highest BCUT2D eigenvalue weighted by Gasteiger charge is 2.12. The molecule has 4 aromatic carbocycles. The van der Waals surface area contributed by atoms with Crippen LogP contribution in [0.5, 0.6) is 0 Å². The van der Waals surface area contributed by atoms with Crippen LogP contribution >= 0.6 is 11.3 Å². The molecule has 3 heteroatoms. The number of aliphatic imine (C=N–C) groups is 2. The molecule has 0 radical (unpaired) electrons. The van der Waals surface area contributed by atoms with Crippen molar-refractivity contribution < 1.29 is 0 Å². The third-order valence-electron chi connectivity index (χ3n) is 5.70. The van der Waals surface area contributed by atoms with E-state index in [2.05, 4.69) is 56.8 Å². The first-order chi connectivity index (χ1) is 16.1. The number of benzene rings is 4. The zero-order valence-electron chi connectivity index (χ0n) is 18.7. The van der Waals surface area contributed by atoms with E-state index in [0.717, 1.165) is 22.4 Å². The lowest BCUT2D eigenvalue weighted by molar-refractivity contribution is 1.44. The second-order valence-corrected chi connectivity index (χ2v) is 9.15. The quantitative estimate of drug-likeness (QED) is 0.197. The molecule has 0 fully saturated rings. The van der Waals surface area contributed by atoms with Gasteiger partial charge in [0.1, 0.15) is 0 Å². The first-order valence-electron chi connectivity index (χ1n) is 11.0. The van der Waals surface area contributed by atoms with Crippen molar-refractivity contribution in [3.63, 3.8) is 0 Å². The van der Waals surface area contributed by atoms with Crippen molar-refractivity contribution in [2.45, 2.75) is 13.8 Å². The van der Waals surface area contributed by atoms with Crippen molar-refractivity contribution in [3.05, 3.63) is 126 Å². The molecular weight excluding hydrogens is 420 g/mol. The van der Waals surface area contributed by atoms with Crippen molar-refractivity contribution in [3.8, 4) is 0 Å². The van der Waals surface area contributed by atoms with E-state index in [1.807, 2.05) is 72.0 Å². The normalized spacial score (nSPS) is 12.4. The second kappa shape index (κ2) is 8.97. The molecule has 0 atom stereocenters. The Balaban J connectivity index is 1.64. The summed E-state index contributed by atoms with van der Waals surface area (Å²) in [6, 6.07) is 33.3. The minimum atomic E-state index is 0.663. The molecular formula is C30H24N2S. The first-order valence-corrected chi connectivity index (χ1v) is 11.8. The Morgan fingerprint density at radius 3 is 2.15 bits per heavy atom. The van der Waals surface area contributed by atoms with Gasteiger partial charge >= 0.3 is 0 Å². The molecule has 0 bridgehead atoms. The van der Waals surface area contributed by atoms with E-state index in [1.165, 1.54) is 25.7 Å². The number of hydrogen-bond donors (Lipinski definition) is 0. The van der Waals surface area contributed by atoms with Crippen molar-refractivity contribution in [1.82, 2.24) is 0 Å². The maximum Gasteiger partial charge on any atom is 0.160 e. The van der Waals surface area contributed by atoms with E-state index in [-0.39, 0.29) is 0 Å². The van der Waals surface area contributed by atoms with E-state index in [4.69, 9.17) is 9.98 Å². The summed E-state index contributed by atoms with van der Waals surface area (Å²) in [5.41, 5.74) is 6.00. The van der Waals surface area contributed by atoms with Crippen LogP contribution in [0, 0.1) is 6.92 Å². The van der Waals surface area contributed by atoms with Gasteiger partial charge in [-0.3, -0.25) is 0 Å². The van der Waals surface area contributed by atoms with Gasteiger partial charge in [-0.25, -0.2) is 9.98 Å². The lowest BCUT2D eigenvalue weighted by Crippen LogP contribution is -2.04. The van der Waals surface area contributed by atoms with Gasteiger partial charge in [0.25, 0.3) is 0 Å². The molecule has 0 aliphatic heterocycles. The Bertz CT molecular complexity index is 1520. The van der Waals surface area contributed by atoms with Crippen LogP contribution in [0.25, 0.3) is 25.9 Å². The molecule has 0 aliphatic carbocycles. The van der Waals surface area contributed by atoms with Crippen molar-refractivity contribution in [1.29, 1.82) is 0 Å². The lowest BCUT2D eigenvalue weighted by Gasteiger charge is -2.08. The zero-order valence-corrected chi connectivity index (χ0v) is 19.6. The van der Waals surface area contributed by atoms with Crippen LogP contribution in [0.1, 0.15) is 29.2 Å². The summed E-state index contributed by atoms with van der Waals surface area (Å²) in [5.74, 6) is 0.663. The van der Waals surface area contributed by atoms with Crippen LogP contribution in [0.15, 0.2) is 114 Å². The monoisotopic (exact) mass is 444 g/mol. The number of thiophene rings is 1. The number of amidine groups is 1. The Morgan fingerprint density at radius 1 is 0.727 bits per heavy atom. The molecule has 0 spiro atoms. The minimum absolute atomic E-state index is 0.663. The van der Waals surface area contributed by atoms with Gasteiger partial charge in [-0.05, 0) is 31.5 Å². The Kier molecular flexibility index (Phi) is 5.72. The van der Waals surface area contributed by atoms with Crippen LogP contribution in [0.3, 0.4) is 0 Å². The summed E-state index contributed by atoms with van der Waals surface area (Å²) in [7, 11) is 0. The topological polar surface area (TPSA) is 24.7 Å². The van der Waals surface area contributed by atoms with E-state index >= 15 is 0 Å². The van der Waals surface area contributed by atoms with Gasteiger partial charge in [0.15, 0.2) is 5.84 Å². The first kappa shape index (κ1) is 21.0. The smallest absolute Gasteiger partial charge is 0.160 e. The van der Waals surface area contributed by atoms with Crippen molar-refractivity contribution in [2.24, 2.45) is 9.98 Å². The molecule has 1 heterocycles. The summed E-state index contributed by atoms with van der Waals surface area (Å²) in [6.45, 7) is 8.41. The van der Waals surface area contributed by atoms with Crippen LogP contribution in [0.2, 0.25) is 0 Å². The number of hydrogen-bond acceptors (Lipinski definition) is 2. The summed E-state index contributed by atoms with van der Waals surface area (Å²) in [6.07, 6.45) is 0. The predicted octanol–water partition coefficient (Wildman–Crippen LogP) is 8.29. The highest BCUT2D eigenvalue weighted by atomic mass is 32.1. The fraction of sp³-hybridized carbons (Fsp3) is 0.0667. The molecule has 0 N–H and O–H groups in total. The van der Waals surface area contributed by atoms with Gasteiger partial charge in [-0.15, -0.1) is 11.3 Å². The van der Waals surface area contributed by atoms with Crippen LogP contribution in [-0.4, -0.2) is 11.5 Å². The number of rotatable bonds is 4. The average Bonchev–Trinajstić information content (AvgIpc) is 3.22. The molecule has 0 saturated heterocycles. The molecule has 2 nitrogen and oxygen atoms in total. The Labute approximate surface area is 198 Å². The van der Waals surface area contributed by atoms with E-state index in [0.29, 0.717) is 11.5 Å².